The predicted molar refractivity (Wildman–Crippen MR) is 42.4 cm³/mol. The SMILES string of the molecule is O=c1ccc2cc(F)cc(F)c2o1. The Bertz CT molecular complexity index is 516. The van der Waals surface area contributed by atoms with Crippen LogP contribution < -0.4 is 5.63 Å². The standard InChI is InChI=1S/C9H4F2O2/c10-6-3-5-1-2-8(12)13-9(5)7(11)4-6/h1-4H. The van der Waals surface area contributed by atoms with Crippen LogP contribution in [0.15, 0.2) is 33.5 Å². The summed E-state index contributed by atoms with van der Waals surface area (Å²) in [5.41, 5.74) is -0.869. The number of fused-ring (bicyclic) bond motifs is 1. The maximum atomic E-state index is 13.0. The molecular weight excluding hydrogens is 178 g/mol. The Labute approximate surface area is 71.4 Å². The van der Waals surface area contributed by atoms with Crippen molar-refractivity contribution in [2.24, 2.45) is 0 Å². The number of benzene rings is 1. The molecule has 66 valence electrons. The lowest BCUT2D eigenvalue weighted by molar-refractivity contribution is 0.516. The summed E-state index contributed by atoms with van der Waals surface area (Å²) in [5.74, 6) is -1.56. The maximum absolute atomic E-state index is 13.0. The molecule has 0 fully saturated rings. The molecule has 0 saturated carbocycles. The van der Waals surface area contributed by atoms with Crippen molar-refractivity contribution in [3.63, 3.8) is 0 Å². The van der Waals surface area contributed by atoms with E-state index in [9.17, 15) is 13.6 Å². The van der Waals surface area contributed by atoms with Gasteiger partial charge in [-0.25, -0.2) is 13.6 Å². The van der Waals surface area contributed by atoms with Crippen molar-refractivity contribution in [3.05, 3.63) is 46.3 Å². The Hall–Kier alpha value is -1.71. The minimum Gasteiger partial charge on any atom is -0.420 e. The van der Waals surface area contributed by atoms with Crippen LogP contribution in [-0.4, -0.2) is 0 Å². The second kappa shape index (κ2) is 2.65. The van der Waals surface area contributed by atoms with Crippen LogP contribution in [0.1, 0.15) is 0 Å². The van der Waals surface area contributed by atoms with E-state index in [1.165, 1.54) is 6.07 Å². The van der Waals surface area contributed by atoms with Crippen LogP contribution >= 0.6 is 0 Å². The zero-order chi connectivity index (χ0) is 9.42. The second-order valence-corrected chi connectivity index (χ2v) is 2.56. The first-order chi connectivity index (χ1) is 6.16. The van der Waals surface area contributed by atoms with E-state index >= 15 is 0 Å². The van der Waals surface area contributed by atoms with E-state index in [4.69, 9.17) is 0 Å². The van der Waals surface area contributed by atoms with Crippen molar-refractivity contribution >= 4 is 11.0 Å². The van der Waals surface area contributed by atoms with Crippen LogP contribution in [0.5, 0.6) is 0 Å². The first-order valence-corrected chi connectivity index (χ1v) is 3.56. The van der Waals surface area contributed by atoms with E-state index in [-0.39, 0.29) is 11.0 Å². The summed E-state index contributed by atoms with van der Waals surface area (Å²) in [6.45, 7) is 0. The number of hydrogen-bond acceptors (Lipinski definition) is 2. The highest BCUT2D eigenvalue weighted by molar-refractivity contribution is 5.76. The molecule has 0 amide bonds. The molecule has 0 saturated heterocycles. The molecule has 0 aliphatic heterocycles. The average Bonchev–Trinajstić information content (AvgIpc) is 2.06. The predicted octanol–water partition coefficient (Wildman–Crippen LogP) is 2.07. The molecule has 2 rings (SSSR count). The Kier molecular flexibility index (Phi) is 1.62. The van der Waals surface area contributed by atoms with E-state index in [0.717, 1.165) is 12.1 Å². The molecule has 2 aromatic rings. The molecule has 2 nitrogen and oxygen atoms in total. The first kappa shape index (κ1) is 7.91. The normalized spacial score (nSPS) is 10.6. The lowest BCUT2D eigenvalue weighted by atomic mass is 10.2. The van der Waals surface area contributed by atoms with Crippen molar-refractivity contribution in [2.45, 2.75) is 0 Å². The Morgan fingerprint density at radius 2 is 1.92 bits per heavy atom. The molecule has 1 heterocycles. The smallest absolute Gasteiger partial charge is 0.336 e. The highest BCUT2D eigenvalue weighted by Gasteiger charge is 2.05. The lowest BCUT2D eigenvalue weighted by Crippen LogP contribution is -1.96. The van der Waals surface area contributed by atoms with Gasteiger partial charge in [0.15, 0.2) is 11.4 Å². The molecule has 0 atom stereocenters. The monoisotopic (exact) mass is 182 g/mol. The summed E-state index contributed by atoms with van der Waals surface area (Å²) in [6.07, 6.45) is 0. The molecule has 4 heteroatoms. The highest BCUT2D eigenvalue weighted by Crippen LogP contribution is 2.17. The van der Waals surface area contributed by atoms with Crippen molar-refractivity contribution in [1.82, 2.24) is 0 Å². The summed E-state index contributed by atoms with van der Waals surface area (Å²) in [5, 5.41) is 0.233. The van der Waals surface area contributed by atoms with Crippen LogP contribution in [0.2, 0.25) is 0 Å². The van der Waals surface area contributed by atoms with Gasteiger partial charge < -0.3 is 4.42 Å². The van der Waals surface area contributed by atoms with Crippen molar-refractivity contribution in [3.8, 4) is 0 Å². The third kappa shape index (κ3) is 1.30. The van der Waals surface area contributed by atoms with Crippen LogP contribution in [0.4, 0.5) is 8.78 Å². The fraction of sp³-hybridized carbons (Fsp3) is 0. The van der Waals surface area contributed by atoms with E-state index in [0.29, 0.717) is 6.07 Å². The molecule has 1 aromatic heterocycles. The summed E-state index contributed by atoms with van der Waals surface area (Å²) in [4.78, 5) is 10.7. The van der Waals surface area contributed by atoms with Gasteiger partial charge in [-0.05, 0) is 12.1 Å². The number of rotatable bonds is 0. The third-order valence-corrected chi connectivity index (χ3v) is 1.64. The van der Waals surface area contributed by atoms with Crippen LogP contribution in [0.3, 0.4) is 0 Å². The van der Waals surface area contributed by atoms with Gasteiger partial charge in [-0.3, -0.25) is 0 Å². The van der Waals surface area contributed by atoms with Gasteiger partial charge in [0.1, 0.15) is 5.82 Å². The molecule has 0 N–H and O–H groups in total. The largest absolute Gasteiger partial charge is 0.420 e. The van der Waals surface area contributed by atoms with Crippen LogP contribution in [-0.2, 0) is 0 Å². The van der Waals surface area contributed by atoms with Crippen LogP contribution in [0, 0.1) is 11.6 Å². The number of hydrogen-bond donors (Lipinski definition) is 0. The van der Waals surface area contributed by atoms with Gasteiger partial charge in [-0.15, -0.1) is 0 Å². The van der Waals surface area contributed by atoms with Gasteiger partial charge in [0.2, 0.25) is 0 Å². The quantitative estimate of drug-likeness (QED) is 0.584. The molecule has 0 aliphatic carbocycles. The molecular formula is C9H4F2O2. The fourth-order valence-electron chi connectivity index (χ4n) is 1.10. The van der Waals surface area contributed by atoms with Gasteiger partial charge in [-0.2, -0.15) is 0 Å². The zero-order valence-electron chi connectivity index (χ0n) is 6.38. The van der Waals surface area contributed by atoms with Gasteiger partial charge in [0.05, 0.1) is 0 Å². The summed E-state index contributed by atoms with van der Waals surface area (Å²) >= 11 is 0. The summed E-state index contributed by atoms with van der Waals surface area (Å²) < 4.78 is 30.1. The highest BCUT2D eigenvalue weighted by atomic mass is 19.1. The molecule has 0 spiro atoms. The van der Waals surface area contributed by atoms with Gasteiger partial charge in [0, 0.05) is 17.5 Å². The van der Waals surface area contributed by atoms with Crippen molar-refractivity contribution < 1.29 is 13.2 Å². The summed E-state index contributed by atoms with van der Waals surface area (Å²) in [6, 6.07) is 4.20. The fourth-order valence-corrected chi connectivity index (χ4v) is 1.10. The minimum absolute atomic E-state index is 0.214. The Balaban J connectivity index is 2.95. The van der Waals surface area contributed by atoms with E-state index in [2.05, 4.69) is 4.42 Å². The van der Waals surface area contributed by atoms with Gasteiger partial charge in [0.25, 0.3) is 0 Å². The van der Waals surface area contributed by atoms with Gasteiger partial charge >= 0.3 is 5.63 Å². The maximum Gasteiger partial charge on any atom is 0.336 e. The molecule has 0 bridgehead atoms. The van der Waals surface area contributed by atoms with E-state index < -0.39 is 17.3 Å². The van der Waals surface area contributed by atoms with E-state index in [1.807, 2.05) is 0 Å². The average molecular weight is 182 g/mol. The first-order valence-electron chi connectivity index (χ1n) is 3.56. The molecule has 13 heavy (non-hydrogen) atoms. The third-order valence-electron chi connectivity index (χ3n) is 1.64. The molecule has 0 aliphatic rings. The zero-order valence-corrected chi connectivity index (χ0v) is 6.38. The lowest BCUT2D eigenvalue weighted by Gasteiger charge is -1.96. The second-order valence-electron chi connectivity index (χ2n) is 2.56. The van der Waals surface area contributed by atoms with Gasteiger partial charge in [-0.1, -0.05) is 0 Å². The molecule has 0 unspecified atom stereocenters. The van der Waals surface area contributed by atoms with E-state index in [1.54, 1.807) is 0 Å². The minimum atomic E-state index is -0.868. The molecule has 1 aromatic carbocycles. The topological polar surface area (TPSA) is 30.2 Å². The summed E-state index contributed by atoms with van der Waals surface area (Å²) in [7, 11) is 0. The number of halogens is 2. The molecule has 0 radical (unpaired) electrons. The van der Waals surface area contributed by atoms with Crippen LogP contribution in [0.25, 0.3) is 11.0 Å². The Morgan fingerprint density at radius 3 is 2.69 bits per heavy atom. The van der Waals surface area contributed by atoms with Crippen molar-refractivity contribution in [2.75, 3.05) is 0 Å². The van der Waals surface area contributed by atoms with Crippen molar-refractivity contribution in [1.29, 1.82) is 0 Å². The Morgan fingerprint density at radius 1 is 1.15 bits per heavy atom.